The van der Waals surface area contributed by atoms with Crippen LogP contribution in [0, 0.1) is 0 Å². The number of piperazine rings is 1. The van der Waals surface area contributed by atoms with Gasteiger partial charge in [-0.15, -0.1) is 0 Å². The van der Waals surface area contributed by atoms with Gasteiger partial charge in [-0.1, -0.05) is 23.7 Å². The van der Waals surface area contributed by atoms with Gasteiger partial charge in [0, 0.05) is 32.2 Å². The second-order valence-electron chi connectivity index (χ2n) is 6.34. The van der Waals surface area contributed by atoms with Gasteiger partial charge in [-0.05, 0) is 45.1 Å². The monoisotopic (exact) mass is 321 g/mol. The summed E-state index contributed by atoms with van der Waals surface area (Å²) in [5, 5.41) is 0.547. The van der Waals surface area contributed by atoms with Crippen molar-refractivity contribution in [3.05, 3.63) is 34.9 Å². The van der Waals surface area contributed by atoms with Crippen LogP contribution in [0.3, 0.4) is 0 Å². The molecule has 2 fully saturated rings. The van der Waals surface area contributed by atoms with Crippen molar-refractivity contribution in [1.82, 2.24) is 14.7 Å². The molecule has 0 unspecified atom stereocenters. The number of carbonyl (C=O) groups is 1. The summed E-state index contributed by atoms with van der Waals surface area (Å²) < 4.78 is 0. The lowest BCUT2D eigenvalue weighted by Crippen LogP contribution is -2.54. The standard InChI is InChI=1S/C17H24ClN3O/c1-19-8-6-14(7-9-19)20-10-12-21(13-11-20)17(22)15-4-2-3-5-16(15)18/h2-5,14H,6-13H2,1H3. The minimum absolute atomic E-state index is 0.0635. The third-order valence-corrected chi connectivity index (χ3v) is 5.24. The molecule has 0 aliphatic carbocycles. The number of rotatable bonds is 2. The first-order valence-electron chi connectivity index (χ1n) is 8.11. The van der Waals surface area contributed by atoms with Crippen LogP contribution in [-0.2, 0) is 0 Å². The molecule has 2 saturated heterocycles. The first kappa shape index (κ1) is 15.8. The minimum Gasteiger partial charge on any atom is -0.336 e. The number of amides is 1. The molecule has 5 heteroatoms. The Balaban J connectivity index is 1.55. The molecule has 0 radical (unpaired) electrons. The summed E-state index contributed by atoms with van der Waals surface area (Å²) in [5.74, 6) is 0.0635. The maximum atomic E-state index is 12.6. The molecular weight excluding hydrogens is 298 g/mol. The molecule has 4 nitrogen and oxygen atoms in total. The topological polar surface area (TPSA) is 26.8 Å². The average Bonchev–Trinajstić information content (AvgIpc) is 2.56. The van der Waals surface area contributed by atoms with Crippen molar-refractivity contribution in [3.8, 4) is 0 Å². The first-order valence-corrected chi connectivity index (χ1v) is 8.49. The van der Waals surface area contributed by atoms with Crippen LogP contribution in [0.5, 0.6) is 0 Å². The highest BCUT2D eigenvalue weighted by atomic mass is 35.5. The fourth-order valence-electron chi connectivity index (χ4n) is 3.46. The summed E-state index contributed by atoms with van der Waals surface area (Å²) in [7, 11) is 2.19. The molecule has 1 aromatic carbocycles. The second kappa shape index (κ2) is 6.99. The lowest BCUT2D eigenvalue weighted by molar-refractivity contribution is 0.0475. The highest BCUT2D eigenvalue weighted by Crippen LogP contribution is 2.20. The van der Waals surface area contributed by atoms with Crippen molar-refractivity contribution in [3.63, 3.8) is 0 Å². The summed E-state index contributed by atoms with van der Waals surface area (Å²) in [6.07, 6.45) is 2.49. The van der Waals surface area contributed by atoms with Crippen molar-refractivity contribution >= 4 is 17.5 Å². The van der Waals surface area contributed by atoms with Gasteiger partial charge < -0.3 is 9.80 Å². The summed E-state index contributed by atoms with van der Waals surface area (Å²) in [6, 6.07) is 8.01. The first-order chi connectivity index (χ1) is 10.6. The van der Waals surface area contributed by atoms with E-state index in [4.69, 9.17) is 11.6 Å². The van der Waals surface area contributed by atoms with Crippen LogP contribution in [-0.4, -0.2) is 73.0 Å². The SMILES string of the molecule is CN1CCC(N2CCN(C(=O)c3ccccc3Cl)CC2)CC1. The number of nitrogens with zero attached hydrogens (tertiary/aromatic N) is 3. The number of halogens is 1. The molecule has 0 spiro atoms. The Hall–Kier alpha value is -1.10. The molecule has 120 valence electrons. The van der Waals surface area contributed by atoms with Gasteiger partial charge in [-0.2, -0.15) is 0 Å². The normalized spacial score (nSPS) is 22.0. The maximum absolute atomic E-state index is 12.6. The fraction of sp³-hybridized carbons (Fsp3) is 0.588. The molecular formula is C17H24ClN3O. The fourth-order valence-corrected chi connectivity index (χ4v) is 3.67. The molecule has 0 aromatic heterocycles. The molecule has 3 rings (SSSR count). The highest BCUT2D eigenvalue weighted by Gasteiger charge is 2.28. The van der Waals surface area contributed by atoms with E-state index in [9.17, 15) is 4.79 Å². The minimum atomic E-state index is 0.0635. The van der Waals surface area contributed by atoms with E-state index in [0.717, 1.165) is 26.2 Å². The van der Waals surface area contributed by atoms with E-state index >= 15 is 0 Å². The van der Waals surface area contributed by atoms with Crippen molar-refractivity contribution in [2.45, 2.75) is 18.9 Å². The second-order valence-corrected chi connectivity index (χ2v) is 6.75. The molecule has 2 aliphatic heterocycles. The molecule has 2 heterocycles. The van der Waals surface area contributed by atoms with Crippen LogP contribution in [0.2, 0.25) is 5.02 Å². The Kier molecular flexibility index (Phi) is 5.01. The van der Waals surface area contributed by atoms with E-state index < -0.39 is 0 Å². The summed E-state index contributed by atoms with van der Waals surface area (Å²) in [5.41, 5.74) is 0.622. The van der Waals surface area contributed by atoms with Crippen molar-refractivity contribution in [2.24, 2.45) is 0 Å². The number of carbonyl (C=O) groups excluding carboxylic acids is 1. The molecule has 2 aliphatic rings. The van der Waals surface area contributed by atoms with Gasteiger partial charge >= 0.3 is 0 Å². The maximum Gasteiger partial charge on any atom is 0.255 e. The van der Waals surface area contributed by atoms with Crippen LogP contribution in [0.4, 0.5) is 0 Å². The zero-order valence-corrected chi connectivity index (χ0v) is 13.9. The molecule has 1 amide bonds. The number of piperidine rings is 1. The van der Waals surface area contributed by atoms with Gasteiger partial charge in [0.1, 0.15) is 0 Å². The van der Waals surface area contributed by atoms with Crippen LogP contribution in [0.15, 0.2) is 24.3 Å². The molecule has 0 atom stereocenters. The zero-order chi connectivity index (χ0) is 15.5. The predicted octanol–water partition coefficient (Wildman–Crippen LogP) is 2.19. The van der Waals surface area contributed by atoms with Gasteiger partial charge in [0.05, 0.1) is 10.6 Å². The Bertz CT molecular complexity index is 520. The van der Waals surface area contributed by atoms with Gasteiger partial charge in [0.15, 0.2) is 0 Å². The van der Waals surface area contributed by atoms with E-state index in [1.165, 1.54) is 25.9 Å². The quantitative estimate of drug-likeness (QED) is 0.835. The molecule has 0 N–H and O–H groups in total. The zero-order valence-electron chi connectivity index (χ0n) is 13.2. The van der Waals surface area contributed by atoms with Gasteiger partial charge in [0.25, 0.3) is 5.91 Å². The van der Waals surface area contributed by atoms with Crippen LogP contribution < -0.4 is 0 Å². The molecule has 1 aromatic rings. The van der Waals surface area contributed by atoms with E-state index in [-0.39, 0.29) is 5.91 Å². The van der Waals surface area contributed by atoms with Crippen LogP contribution >= 0.6 is 11.6 Å². The van der Waals surface area contributed by atoms with E-state index in [1.54, 1.807) is 6.07 Å². The van der Waals surface area contributed by atoms with Gasteiger partial charge in [0.2, 0.25) is 0 Å². The van der Waals surface area contributed by atoms with E-state index in [1.807, 2.05) is 23.1 Å². The smallest absolute Gasteiger partial charge is 0.255 e. The summed E-state index contributed by atoms with van der Waals surface area (Å²) in [6.45, 7) is 5.93. The Morgan fingerprint density at radius 1 is 1.05 bits per heavy atom. The van der Waals surface area contributed by atoms with Gasteiger partial charge in [-0.25, -0.2) is 0 Å². The third kappa shape index (κ3) is 3.45. The van der Waals surface area contributed by atoms with Crippen molar-refractivity contribution in [1.29, 1.82) is 0 Å². The average molecular weight is 322 g/mol. The van der Waals surface area contributed by atoms with Crippen LogP contribution in [0.25, 0.3) is 0 Å². The number of hydrogen-bond donors (Lipinski definition) is 0. The van der Waals surface area contributed by atoms with Gasteiger partial charge in [-0.3, -0.25) is 9.69 Å². The highest BCUT2D eigenvalue weighted by molar-refractivity contribution is 6.33. The lowest BCUT2D eigenvalue weighted by atomic mass is 10.0. The Morgan fingerprint density at radius 3 is 2.32 bits per heavy atom. The number of likely N-dealkylation sites (tertiary alicyclic amines) is 1. The molecule has 22 heavy (non-hydrogen) atoms. The number of benzene rings is 1. The third-order valence-electron chi connectivity index (χ3n) is 4.91. The van der Waals surface area contributed by atoms with Crippen LogP contribution in [0.1, 0.15) is 23.2 Å². The summed E-state index contributed by atoms with van der Waals surface area (Å²) >= 11 is 6.14. The van der Waals surface area contributed by atoms with E-state index in [2.05, 4.69) is 16.8 Å². The molecule has 0 bridgehead atoms. The predicted molar refractivity (Wildman–Crippen MR) is 89.4 cm³/mol. The lowest BCUT2D eigenvalue weighted by Gasteiger charge is -2.42. The molecule has 0 saturated carbocycles. The Morgan fingerprint density at radius 2 is 1.68 bits per heavy atom. The summed E-state index contributed by atoms with van der Waals surface area (Å²) in [4.78, 5) is 19.5. The van der Waals surface area contributed by atoms with Crippen molar-refractivity contribution in [2.75, 3.05) is 46.3 Å². The number of hydrogen-bond acceptors (Lipinski definition) is 3. The Labute approximate surface area is 137 Å². The van der Waals surface area contributed by atoms with E-state index in [0.29, 0.717) is 16.6 Å². The van der Waals surface area contributed by atoms with Crippen molar-refractivity contribution < 1.29 is 4.79 Å². The largest absolute Gasteiger partial charge is 0.336 e.